The number of anilines is 1. The molecule has 1 heterocycles. The summed E-state index contributed by atoms with van der Waals surface area (Å²) in [5, 5.41) is 1.05. The fraction of sp³-hybridized carbons (Fsp3) is 0.250. The predicted octanol–water partition coefficient (Wildman–Crippen LogP) is 2.74. The maximum absolute atomic E-state index is 6.03. The number of fused-ring (bicyclic) bond motifs is 1. The molecule has 1 aromatic heterocycles. The van der Waals surface area contributed by atoms with Gasteiger partial charge in [-0.25, -0.2) is 0 Å². The number of pyridine rings is 1. The molecule has 0 saturated heterocycles. The first-order valence-corrected chi connectivity index (χ1v) is 4.72. The van der Waals surface area contributed by atoms with Crippen molar-refractivity contribution in [2.75, 3.05) is 5.73 Å². The molecule has 2 heteroatoms. The number of nitrogens with two attached hydrogens (primary N) is 1. The van der Waals surface area contributed by atoms with Crippen LogP contribution in [0.3, 0.4) is 0 Å². The van der Waals surface area contributed by atoms with Crippen LogP contribution < -0.4 is 5.73 Å². The van der Waals surface area contributed by atoms with Gasteiger partial charge in [0.05, 0.1) is 5.52 Å². The molecule has 2 aromatic rings. The topological polar surface area (TPSA) is 38.9 Å². The Morgan fingerprint density at radius 2 is 1.86 bits per heavy atom. The van der Waals surface area contributed by atoms with Gasteiger partial charge >= 0.3 is 0 Å². The molecule has 0 aliphatic rings. The first-order valence-electron chi connectivity index (χ1n) is 4.72. The maximum atomic E-state index is 6.03. The fourth-order valence-corrected chi connectivity index (χ4v) is 1.64. The van der Waals surface area contributed by atoms with Gasteiger partial charge in [0, 0.05) is 16.8 Å². The molecule has 0 amide bonds. The number of rotatable bonds is 0. The molecule has 0 unspecified atom stereocenters. The minimum absolute atomic E-state index is 0.854. The Kier molecular flexibility index (Phi) is 1.92. The number of nitrogens with zero attached hydrogens (tertiary/aromatic N) is 1. The van der Waals surface area contributed by atoms with E-state index in [0.717, 1.165) is 27.8 Å². The minimum atomic E-state index is 0.854. The SMILES string of the molecule is Cc1ccc2c(N)c(C)c(C)cc2n1. The molecule has 0 aliphatic heterocycles. The Balaban J connectivity index is 2.91. The van der Waals surface area contributed by atoms with E-state index in [1.165, 1.54) is 5.56 Å². The molecule has 72 valence electrons. The number of hydrogen-bond acceptors (Lipinski definition) is 2. The first-order chi connectivity index (χ1) is 6.59. The third kappa shape index (κ3) is 1.23. The van der Waals surface area contributed by atoms with Crippen LogP contribution in [0.15, 0.2) is 18.2 Å². The molecule has 14 heavy (non-hydrogen) atoms. The van der Waals surface area contributed by atoms with Crippen LogP contribution in [0.1, 0.15) is 16.8 Å². The normalized spacial score (nSPS) is 10.8. The van der Waals surface area contributed by atoms with Gasteiger partial charge in [0.25, 0.3) is 0 Å². The van der Waals surface area contributed by atoms with E-state index in [-0.39, 0.29) is 0 Å². The average molecular weight is 186 g/mol. The van der Waals surface area contributed by atoms with Gasteiger partial charge in [0.2, 0.25) is 0 Å². The lowest BCUT2D eigenvalue weighted by atomic mass is 10.0. The zero-order chi connectivity index (χ0) is 10.3. The molecule has 1 aromatic carbocycles. The molecule has 0 radical (unpaired) electrons. The van der Waals surface area contributed by atoms with Crippen LogP contribution in [-0.4, -0.2) is 4.98 Å². The van der Waals surface area contributed by atoms with Crippen LogP contribution >= 0.6 is 0 Å². The molecule has 0 bridgehead atoms. The third-order valence-corrected chi connectivity index (χ3v) is 2.70. The van der Waals surface area contributed by atoms with Gasteiger partial charge in [-0.05, 0) is 50.1 Å². The zero-order valence-corrected chi connectivity index (χ0v) is 8.76. The molecule has 0 atom stereocenters. The summed E-state index contributed by atoms with van der Waals surface area (Å²) in [6.45, 7) is 6.10. The summed E-state index contributed by atoms with van der Waals surface area (Å²) in [6, 6.07) is 6.13. The van der Waals surface area contributed by atoms with Gasteiger partial charge in [0.15, 0.2) is 0 Å². The second-order valence-electron chi connectivity index (χ2n) is 3.75. The van der Waals surface area contributed by atoms with E-state index in [4.69, 9.17) is 5.73 Å². The number of aromatic nitrogens is 1. The third-order valence-electron chi connectivity index (χ3n) is 2.70. The summed E-state index contributed by atoms with van der Waals surface area (Å²) >= 11 is 0. The van der Waals surface area contributed by atoms with Crippen LogP contribution in [-0.2, 0) is 0 Å². The molecule has 0 saturated carbocycles. The zero-order valence-electron chi connectivity index (χ0n) is 8.76. The first kappa shape index (κ1) is 9.00. The number of benzene rings is 1. The van der Waals surface area contributed by atoms with Gasteiger partial charge in [-0.1, -0.05) is 0 Å². The highest BCUT2D eigenvalue weighted by molar-refractivity contribution is 5.92. The van der Waals surface area contributed by atoms with Crippen LogP contribution in [0.25, 0.3) is 10.9 Å². The summed E-state index contributed by atoms with van der Waals surface area (Å²) in [5.74, 6) is 0. The smallest absolute Gasteiger partial charge is 0.0728 e. The molecule has 2 rings (SSSR count). The summed E-state index contributed by atoms with van der Waals surface area (Å²) in [5.41, 5.74) is 11.3. The molecular formula is C12H14N2. The summed E-state index contributed by atoms with van der Waals surface area (Å²) in [4.78, 5) is 4.46. The highest BCUT2D eigenvalue weighted by Crippen LogP contribution is 2.26. The van der Waals surface area contributed by atoms with Gasteiger partial charge in [-0.15, -0.1) is 0 Å². The number of hydrogen-bond donors (Lipinski definition) is 1. The Bertz CT molecular complexity index is 501. The Morgan fingerprint density at radius 1 is 1.14 bits per heavy atom. The molecule has 0 spiro atoms. The van der Waals surface area contributed by atoms with E-state index in [2.05, 4.69) is 18.0 Å². The molecule has 0 fully saturated rings. The predicted molar refractivity (Wildman–Crippen MR) is 60.4 cm³/mol. The van der Waals surface area contributed by atoms with Crippen molar-refractivity contribution in [3.8, 4) is 0 Å². The van der Waals surface area contributed by atoms with Crippen molar-refractivity contribution in [3.05, 3.63) is 35.0 Å². The number of nitrogen functional groups attached to an aromatic ring is 1. The Hall–Kier alpha value is -1.57. The molecule has 2 N–H and O–H groups in total. The van der Waals surface area contributed by atoms with E-state index in [1.807, 2.05) is 26.0 Å². The van der Waals surface area contributed by atoms with Crippen LogP contribution in [0.5, 0.6) is 0 Å². The summed E-state index contributed by atoms with van der Waals surface area (Å²) in [7, 11) is 0. The van der Waals surface area contributed by atoms with Crippen molar-refractivity contribution >= 4 is 16.6 Å². The quantitative estimate of drug-likeness (QED) is 0.642. The fourth-order valence-electron chi connectivity index (χ4n) is 1.64. The van der Waals surface area contributed by atoms with Crippen molar-refractivity contribution in [1.29, 1.82) is 0 Å². The lowest BCUT2D eigenvalue weighted by molar-refractivity contribution is 1.24. The van der Waals surface area contributed by atoms with E-state index in [9.17, 15) is 0 Å². The standard InChI is InChI=1S/C12H14N2/c1-7-6-11-10(12(13)9(7)3)5-4-8(2)14-11/h4-6H,13H2,1-3H3. The van der Waals surface area contributed by atoms with Crippen LogP contribution in [0, 0.1) is 20.8 Å². The maximum Gasteiger partial charge on any atom is 0.0728 e. The summed E-state index contributed by atoms with van der Waals surface area (Å²) in [6.07, 6.45) is 0. The van der Waals surface area contributed by atoms with Gasteiger partial charge in [0.1, 0.15) is 0 Å². The van der Waals surface area contributed by atoms with E-state index in [1.54, 1.807) is 0 Å². The largest absolute Gasteiger partial charge is 0.398 e. The monoisotopic (exact) mass is 186 g/mol. The highest BCUT2D eigenvalue weighted by atomic mass is 14.7. The van der Waals surface area contributed by atoms with E-state index in [0.29, 0.717) is 0 Å². The Morgan fingerprint density at radius 3 is 2.57 bits per heavy atom. The lowest BCUT2D eigenvalue weighted by Crippen LogP contribution is -1.96. The van der Waals surface area contributed by atoms with Crippen LogP contribution in [0.4, 0.5) is 5.69 Å². The lowest BCUT2D eigenvalue weighted by Gasteiger charge is -2.08. The van der Waals surface area contributed by atoms with E-state index < -0.39 is 0 Å². The molecule has 0 aliphatic carbocycles. The highest BCUT2D eigenvalue weighted by Gasteiger charge is 2.05. The summed E-state index contributed by atoms with van der Waals surface area (Å²) < 4.78 is 0. The van der Waals surface area contributed by atoms with E-state index >= 15 is 0 Å². The second kappa shape index (κ2) is 2.98. The Labute approximate surface area is 83.8 Å². The van der Waals surface area contributed by atoms with Crippen molar-refractivity contribution in [3.63, 3.8) is 0 Å². The number of aryl methyl sites for hydroxylation is 2. The van der Waals surface area contributed by atoms with Crippen molar-refractivity contribution in [2.24, 2.45) is 0 Å². The van der Waals surface area contributed by atoms with Crippen molar-refractivity contribution < 1.29 is 0 Å². The van der Waals surface area contributed by atoms with Crippen LogP contribution in [0.2, 0.25) is 0 Å². The minimum Gasteiger partial charge on any atom is -0.398 e. The molecular weight excluding hydrogens is 172 g/mol. The average Bonchev–Trinajstić information content (AvgIpc) is 2.14. The van der Waals surface area contributed by atoms with Crippen molar-refractivity contribution in [1.82, 2.24) is 4.98 Å². The van der Waals surface area contributed by atoms with Gasteiger partial charge in [-0.2, -0.15) is 0 Å². The van der Waals surface area contributed by atoms with Crippen molar-refractivity contribution in [2.45, 2.75) is 20.8 Å². The second-order valence-corrected chi connectivity index (χ2v) is 3.75. The van der Waals surface area contributed by atoms with Gasteiger partial charge < -0.3 is 5.73 Å². The van der Waals surface area contributed by atoms with Gasteiger partial charge in [-0.3, -0.25) is 4.98 Å². The molecule has 2 nitrogen and oxygen atoms in total.